The van der Waals surface area contributed by atoms with Gasteiger partial charge in [-0.3, -0.25) is 19.8 Å². The number of carbonyl (C=O) groups excluding carboxylic acids is 2. The normalized spacial score (nSPS) is 32.1. The molecule has 0 spiro atoms. The lowest BCUT2D eigenvalue weighted by Gasteiger charge is -2.37. The van der Waals surface area contributed by atoms with E-state index in [9.17, 15) is 9.59 Å². The molecule has 3 unspecified atom stereocenters. The standard InChI is InChI=1S/C22H32N6O2/c23-21-17-13-27(14-18(17)21)8-7-26-9-11-28(12-10-26)16-3-1-15(2-4-16)24-19-5-6-20(29)25-22(19)30/h1-4,17-19,21,24H,5-14,23H2,(H,25,29,30). The number of fused-ring (bicyclic) bond motifs is 1. The maximum atomic E-state index is 11.9. The van der Waals surface area contributed by atoms with E-state index in [1.54, 1.807) is 0 Å². The van der Waals surface area contributed by atoms with Gasteiger partial charge in [-0.15, -0.1) is 0 Å². The number of likely N-dealkylation sites (tertiary alicyclic amines) is 1. The van der Waals surface area contributed by atoms with Gasteiger partial charge in [0, 0.05) is 76.2 Å². The minimum Gasteiger partial charge on any atom is -0.374 e. The van der Waals surface area contributed by atoms with Crippen LogP contribution in [0.25, 0.3) is 0 Å². The Kier molecular flexibility index (Phi) is 5.39. The van der Waals surface area contributed by atoms with Crippen molar-refractivity contribution in [2.45, 2.75) is 24.9 Å². The van der Waals surface area contributed by atoms with Crippen LogP contribution in [0, 0.1) is 11.8 Å². The predicted molar refractivity (Wildman–Crippen MR) is 116 cm³/mol. The van der Waals surface area contributed by atoms with Crippen LogP contribution in [-0.2, 0) is 9.59 Å². The quantitative estimate of drug-likeness (QED) is 0.563. The van der Waals surface area contributed by atoms with Gasteiger partial charge in [0.2, 0.25) is 11.8 Å². The highest BCUT2D eigenvalue weighted by atomic mass is 16.2. The molecule has 2 amide bonds. The molecule has 0 bridgehead atoms. The number of piperidine rings is 2. The van der Waals surface area contributed by atoms with Crippen LogP contribution in [0.5, 0.6) is 0 Å². The lowest BCUT2D eigenvalue weighted by atomic mass is 10.1. The first-order valence-corrected chi connectivity index (χ1v) is 11.2. The molecule has 8 heteroatoms. The molecule has 1 aromatic rings. The minimum absolute atomic E-state index is 0.186. The highest BCUT2D eigenvalue weighted by molar-refractivity contribution is 6.01. The van der Waals surface area contributed by atoms with Gasteiger partial charge in [0.1, 0.15) is 6.04 Å². The summed E-state index contributed by atoms with van der Waals surface area (Å²) in [5.41, 5.74) is 8.17. The number of piperazine rings is 1. The summed E-state index contributed by atoms with van der Waals surface area (Å²) in [7, 11) is 0. The van der Waals surface area contributed by atoms with Gasteiger partial charge in [0.05, 0.1) is 0 Å². The Balaban J connectivity index is 1.05. The molecule has 0 aromatic heterocycles. The number of nitrogens with one attached hydrogen (secondary N) is 2. The van der Waals surface area contributed by atoms with Crippen molar-refractivity contribution >= 4 is 23.2 Å². The van der Waals surface area contributed by atoms with Crippen molar-refractivity contribution in [2.24, 2.45) is 17.6 Å². The van der Waals surface area contributed by atoms with E-state index < -0.39 is 0 Å². The summed E-state index contributed by atoms with van der Waals surface area (Å²) in [5.74, 6) is 1.12. The Morgan fingerprint density at radius 2 is 1.63 bits per heavy atom. The zero-order valence-corrected chi connectivity index (χ0v) is 17.4. The predicted octanol–water partition coefficient (Wildman–Crippen LogP) is -0.0854. The smallest absolute Gasteiger partial charge is 0.249 e. The Bertz CT molecular complexity index is 779. The summed E-state index contributed by atoms with van der Waals surface area (Å²) in [6.45, 7) is 8.98. The molecule has 30 heavy (non-hydrogen) atoms. The van der Waals surface area contributed by atoms with Gasteiger partial charge in [-0.25, -0.2) is 0 Å². The van der Waals surface area contributed by atoms with Crippen LogP contribution < -0.4 is 21.3 Å². The second-order valence-corrected chi connectivity index (χ2v) is 9.19. The molecular formula is C22H32N6O2. The number of benzene rings is 1. The third kappa shape index (κ3) is 4.17. The third-order valence-electron chi connectivity index (χ3n) is 7.25. The van der Waals surface area contributed by atoms with E-state index >= 15 is 0 Å². The summed E-state index contributed by atoms with van der Waals surface area (Å²) in [4.78, 5) is 30.8. The molecule has 8 nitrogen and oxygen atoms in total. The number of nitrogens with zero attached hydrogens (tertiary/aromatic N) is 3. The summed E-state index contributed by atoms with van der Waals surface area (Å²) in [6.07, 6.45) is 0.929. The van der Waals surface area contributed by atoms with Crippen molar-refractivity contribution in [2.75, 3.05) is 62.6 Å². The zero-order valence-electron chi connectivity index (χ0n) is 17.4. The molecular weight excluding hydrogens is 380 g/mol. The molecule has 162 valence electrons. The molecule has 1 saturated carbocycles. The van der Waals surface area contributed by atoms with E-state index in [1.807, 2.05) is 12.1 Å². The van der Waals surface area contributed by atoms with Crippen LogP contribution in [0.2, 0.25) is 0 Å². The van der Waals surface area contributed by atoms with Gasteiger partial charge in [0.15, 0.2) is 0 Å². The van der Waals surface area contributed by atoms with Crippen LogP contribution in [0.4, 0.5) is 11.4 Å². The maximum Gasteiger partial charge on any atom is 0.249 e. The van der Waals surface area contributed by atoms with Crippen molar-refractivity contribution in [1.29, 1.82) is 0 Å². The first kappa shape index (κ1) is 19.8. The number of nitrogens with two attached hydrogens (primary N) is 1. The number of carbonyl (C=O) groups is 2. The zero-order chi connectivity index (χ0) is 20.7. The van der Waals surface area contributed by atoms with Crippen LogP contribution in [-0.4, -0.2) is 86.1 Å². The molecule has 3 atom stereocenters. The van der Waals surface area contributed by atoms with E-state index in [1.165, 1.54) is 25.3 Å². The average Bonchev–Trinajstić information content (AvgIpc) is 3.15. The average molecular weight is 413 g/mol. The van der Waals surface area contributed by atoms with E-state index in [0.717, 1.165) is 50.2 Å². The molecule has 1 aromatic carbocycles. The largest absolute Gasteiger partial charge is 0.374 e. The monoisotopic (exact) mass is 412 g/mol. The fourth-order valence-corrected chi connectivity index (χ4v) is 5.16. The SMILES string of the molecule is NC1C2CN(CCN3CCN(c4ccc(NC5CCC(=O)NC5=O)cc4)CC3)CC12. The summed E-state index contributed by atoms with van der Waals surface area (Å²) in [6, 6.07) is 8.42. The third-order valence-corrected chi connectivity index (χ3v) is 7.25. The number of hydrogen-bond acceptors (Lipinski definition) is 7. The van der Waals surface area contributed by atoms with Crippen molar-refractivity contribution in [1.82, 2.24) is 15.1 Å². The van der Waals surface area contributed by atoms with Gasteiger partial charge in [-0.1, -0.05) is 0 Å². The molecule has 3 heterocycles. The van der Waals surface area contributed by atoms with E-state index in [0.29, 0.717) is 18.9 Å². The second-order valence-electron chi connectivity index (χ2n) is 9.19. The Morgan fingerprint density at radius 1 is 0.967 bits per heavy atom. The van der Waals surface area contributed by atoms with Crippen LogP contribution in [0.3, 0.4) is 0 Å². The van der Waals surface area contributed by atoms with Gasteiger partial charge in [-0.2, -0.15) is 0 Å². The van der Waals surface area contributed by atoms with Crippen LogP contribution in [0.15, 0.2) is 24.3 Å². The van der Waals surface area contributed by atoms with Crippen LogP contribution in [0.1, 0.15) is 12.8 Å². The molecule has 3 aliphatic heterocycles. The van der Waals surface area contributed by atoms with Crippen molar-refractivity contribution < 1.29 is 9.59 Å². The second kappa shape index (κ2) is 8.17. The summed E-state index contributed by atoms with van der Waals surface area (Å²) < 4.78 is 0. The van der Waals surface area contributed by atoms with Crippen molar-refractivity contribution in [3.05, 3.63) is 24.3 Å². The molecule has 3 saturated heterocycles. The van der Waals surface area contributed by atoms with E-state index in [2.05, 4.69) is 37.5 Å². The van der Waals surface area contributed by atoms with E-state index in [-0.39, 0.29) is 17.9 Å². The summed E-state index contributed by atoms with van der Waals surface area (Å²) in [5, 5.41) is 5.63. The number of hydrogen-bond donors (Lipinski definition) is 3. The molecule has 4 fully saturated rings. The van der Waals surface area contributed by atoms with Crippen molar-refractivity contribution in [3.8, 4) is 0 Å². The van der Waals surface area contributed by atoms with Crippen molar-refractivity contribution in [3.63, 3.8) is 0 Å². The Morgan fingerprint density at radius 3 is 2.30 bits per heavy atom. The van der Waals surface area contributed by atoms with Crippen LogP contribution >= 0.6 is 0 Å². The number of anilines is 2. The highest BCUT2D eigenvalue weighted by Crippen LogP contribution is 2.43. The van der Waals surface area contributed by atoms with Gasteiger partial charge < -0.3 is 20.9 Å². The van der Waals surface area contributed by atoms with Gasteiger partial charge in [-0.05, 0) is 42.5 Å². The Hall–Kier alpha value is -2.16. The van der Waals surface area contributed by atoms with E-state index in [4.69, 9.17) is 5.73 Å². The molecule has 1 aliphatic carbocycles. The lowest BCUT2D eigenvalue weighted by Crippen LogP contribution is -2.48. The van der Waals surface area contributed by atoms with Gasteiger partial charge >= 0.3 is 0 Å². The lowest BCUT2D eigenvalue weighted by molar-refractivity contribution is -0.133. The fourth-order valence-electron chi connectivity index (χ4n) is 5.16. The number of rotatable bonds is 6. The molecule has 0 radical (unpaired) electrons. The fraction of sp³-hybridized carbons (Fsp3) is 0.636. The summed E-state index contributed by atoms with van der Waals surface area (Å²) >= 11 is 0. The molecule has 4 N–H and O–H groups in total. The first-order valence-electron chi connectivity index (χ1n) is 11.2. The number of imide groups is 1. The molecule has 4 aliphatic rings. The Labute approximate surface area is 177 Å². The maximum absolute atomic E-state index is 11.9. The molecule has 5 rings (SSSR count). The number of amides is 2. The first-order chi connectivity index (χ1) is 14.6. The topological polar surface area (TPSA) is 93.9 Å². The minimum atomic E-state index is -0.339. The van der Waals surface area contributed by atoms with Gasteiger partial charge in [0.25, 0.3) is 0 Å². The highest BCUT2D eigenvalue weighted by Gasteiger charge is 2.53.